The lowest BCUT2D eigenvalue weighted by Gasteiger charge is -2.33. The van der Waals surface area contributed by atoms with Crippen molar-refractivity contribution in [3.8, 4) is 0 Å². The van der Waals surface area contributed by atoms with E-state index >= 15 is 0 Å². The molecule has 4 rings (SSSR count). The molecule has 1 atom stereocenters. The first-order valence-corrected chi connectivity index (χ1v) is 5.78. The van der Waals surface area contributed by atoms with E-state index in [2.05, 4.69) is 26.7 Å². The van der Waals surface area contributed by atoms with Crippen molar-refractivity contribution in [2.75, 3.05) is 15.5 Å². The van der Waals surface area contributed by atoms with Gasteiger partial charge >= 0.3 is 0 Å². The number of aromatic amines is 1. The summed E-state index contributed by atoms with van der Waals surface area (Å²) in [6, 6.07) is 8.11. The van der Waals surface area contributed by atoms with Crippen molar-refractivity contribution in [2.24, 2.45) is 0 Å². The van der Waals surface area contributed by atoms with E-state index in [1.165, 1.54) is 11.9 Å². The van der Waals surface area contributed by atoms with Gasteiger partial charge in [-0.05, 0) is 11.6 Å². The van der Waals surface area contributed by atoms with Crippen LogP contribution in [0, 0.1) is 0 Å². The van der Waals surface area contributed by atoms with Gasteiger partial charge in [-0.15, -0.1) is 0 Å². The average Bonchev–Trinajstić information content (AvgIpc) is 2.76. The third kappa shape index (κ3) is 1.17. The molecule has 0 aliphatic carbocycles. The molecule has 0 spiro atoms. The Labute approximate surface area is 103 Å². The molecule has 1 aromatic carbocycles. The van der Waals surface area contributed by atoms with Gasteiger partial charge in [-0.1, -0.05) is 18.2 Å². The van der Waals surface area contributed by atoms with Crippen molar-refractivity contribution in [3.63, 3.8) is 0 Å². The Morgan fingerprint density at radius 2 is 2.17 bits per heavy atom. The molecule has 1 aromatic heterocycles. The van der Waals surface area contributed by atoms with Gasteiger partial charge in [0.2, 0.25) is 0 Å². The zero-order valence-electron chi connectivity index (χ0n) is 9.47. The number of nitrogens with one attached hydrogen (secondary N) is 3. The van der Waals surface area contributed by atoms with Gasteiger partial charge in [-0.3, -0.25) is 4.79 Å². The second-order valence-corrected chi connectivity index (χ2v) is 4.41. The first-order chi connectivity index (χ1) is 8.83. The van der Waals surface area contributed by atoms with Gasteiger partial charge in [0.05, 0.1) is 12.9 Å². The summed E-state index contributed by atoms with van der Waals surface area (Å²) < 4.78 is 0. The predicted molar refractivity (Wildman–Crippen MR) is 68.5 cm³/mol. The van der Waals surface area contributed by atoms with Crippen LogP contribution < -0.4 is 21.1 Å². The fourth-order valence-electron chi connectivity index (χ4n) is 2.49. The van der Waals surface area contributed by atoms with Crippen molar-refractivity contribution >= 4 is 17.2 Å². The molecule has 0 amide bonds. The van der Waals surface area contributed by atoms with E-state index in [9.17, 15) is 4.79 Å². The molecule has 90 valence electrons. The first-order valence-electron chi connectivity index (χ1n) is 5.78. The summed E-state index contributed by atoms with van der Waals surface area (Å²) >= 11 is 0. The predicted octanol–water partition coefficient (Wildman–Crippen LogP) is 0.911. The molecule has 0 fully saturated rings. The summed E-state index contributed by atoms with van der Waals surface area (Å²) in [7, 11) is 0. The third-order valence-corrected chi connectivity index (χ3v) is 3.35. The number of hydrogen-bond acceptors (Lipinski definition) is 5. The largest absolute Gasteiger partial charge is 0.348 e. The highest BCUT2D eigenvalue weighted by atomic mass is 16.1. The Hall–Kier alpha value is -2.50. The van der Waals surface area contributed by atoms with Crippen molar-refractivity contribution in [1.29, 1.82) is 0 Å². The molecule has 18 heavy (non-hydrogen) atoms. The van der Waals surface area contributed by atoms with E-state index in [-0.39, 0.29) is 11.8 Å². The van der Waals surface area contributed by atoms with Crippen molar-refractivity contribution in [1.82, 2.24) is 9.97 Å². The molecule has 2 aliphatic rings. The van der Waals surface area contributed by atoms with Gasteiger partial charge in [0.15, 0.2) is 12.1 Å². The van der Waals surface area contributed by atoms with Crippen LogP contribution in [0.5, 0.6) is 0 Å². The van der Waals surface area contributed by atoms with Crippen LogP contribution in [0.3, 0.4) is 0 Å². The molecule has 1 unspecified atom stereocenters. The highest BCUT2D eigenvalue weighted by Gasteiger charge is 2.35. The first kappa shape index (κ1) is 9.52. The summed E-state index contributed by atoms with van der Waals surface area (Å²) in [6.45, 7) is 0.740. The number of para-hydroxylation sites is 1. The van der Waals surface area contributed by atoms with Gasteiger partial charge in [-0.25, -0.2) is 4.98 Å². The van der Waals surface area contributed by atoms with Crippen molar-refractivity contribution < 1.29 is 0 Å². The van der Waals surface area contributed by atoms with Crippen LogP contribution in [0.25, 0.3) is 0 Å². The Balaban J connectivity index is 1.83. The SMILES string of the molecule is O=c1[nH]cnc2c1NC1Nc3ccccc3CN21. The molecule has 0 radical (unpaired) electrons. The molecule has 0 bridgehead atoms. The maximum absolute atomic E-state index is 11.7. The van der Waals surface area contributed by atoms with Crippen LogP contribution in [-0.4, -0.2) is 16.3 Å². The molecule has 3 N–H and O–H groups in total. The fourth-order valence-corrected chi connectivity index (χ4v) is 2.49. The van der Waals surface area contributed by atoms with E-state index in [1.54, 1.807) is 0 Å². The van der Waals surface area contributed by atoms with E-state index in [4.69, 9.17) is 0 Å². The summed E-state index contributed by atoms with van der Waals surface area (Å²) in [6.07, 6.45) is 1.33. The summed E-state index contributed by atoms with van der Waals surface area (Å²) in [5.74, 6) is 0.700. The number of anilines is 3. The minimum Gasteiger partial charge on any atom is -0.348 e. The highest BCUT2D eigenvalue weighted by Crippen LogP contribution is 2.35. The zero-order valence-corrected chi connectivity index (χ0v) is 9.47. The Morgan fingerprint density at radius 1 is 1.28 bits per heavy atom. The molecule has 6 nitrogen and oxygen atoms in total. The molecule has 3 heterocycles. The molecule has 2 aromatic rings. The molecule has 0 saturated carbocycles. The molecule has 6 heteroatoms. The maximum atomic E-state index is 11.7. The minimum atomic E-state index is -0.139. The van der Waals surface area contributed by atoms with Crippen LogP contribution in [0.4, 0.5) is 17.2 Å². The van der Waals surface area contributed by atoms with E-state index in [0.29, 0.717) is 11.5 Å². The lowest BCUT2D eigenvalue weighted by molar-refractivity contribution is 0.702. The zero-order chi connectivity index (χ0) is 12.1. The van der Waals surface area contributed by atoms with Crippen LogP contribution in [0.2, 0.25) is 0 Å². The molecular formula is C12H11N5O. The van der Waals surface area contributed by atoms with Gasteiger partial charge in [0, 0.05) is 5.69 Å². The third-order valence-electron chi connectivity index (χ3n) is 3.35. The second-order valence-electron chi connectivity index (χ2n) is 4.41. The van der Waals surface area contributed by atoms with Crippen LogP contribution in [-0.2, 0) is 6.54 Å². The van der Waals surface area contributed by atoms with E-state index in [0.717, 1.165) is 12.2 Å². The fraction of sp³-hybridized carbons (Fsp3) is 0.167. The normalized spacial score (nSPS) is 19.3. The van der Waals surface area contributed by atoms with Gasteiger partial charge < -0.3 is 20.5 Å². The van der Waals surface area contributed by atoms with Gasteiger partial charge in [0.1, 0.15) is 5.69 Å². The lowest BCUT2D eigenvalue weighted by Crippen LogP contribution is -2.45. The van der Waals surface area contributed by atoms with E-state index < -0.39 is 0 Å². The standard InChI is InChI=1S/C12H11N5O/c18-11-9-10(13-6-14-11)17-5-7-3-1-2-4-8(7)15-12(17)16-9/h1-4,6,12,15-16H,5H2,(H,13,14,18). The monoisotopic (exact) mass is 241 g/mol. The Morgan fingerprint density at radius 3 is 3.11 bits per heavy atom. The topological polar surface area (TPSA) is 73.0 Å². The molecular weight excluding hydrogens is 230 g/mol. The van der Waals surface area contributed by atoms with Crippen LogP contribution in [0.15, 0.2) is 35.4 Å². The Kier molecular flexibility index (Phi) is 1.72. The summed E-state index contributed by atoms with van der Waals surface area (Å²) in [5.41, 5.74) is 2.68. The molecule has 0 saturated heterocycles. The number of fused-ring (bicyclic) bond motifs is 4. The summed E-state index contributed by atoms with van der Waals surface area (Å²) in [4.78, 5) is 20.6. The number of H-pyrrole nitrogens is 1. The van der Waals surface area contributed by atoms with Crippen LogP contribution in [0.1, 0.15) is 5.56 Å². The van der Waals surface area contributed by atoms with Gasteiger partial charge in [-0.2, -0.15) is 0 Å². The number of nitrogens with zero attached hydrogens (tertiary/aromatic N) is 2. The minimum absolute atomic E-state index is 0.106. The number of benzene rings is 1. The number of hydrogen-bond donors (Lipinski definition) is 3. The smallest absolute Gasteiger partial charge is 0.276 e. The summed E-state index contributed by atoms with van der Waals surface area (Å²) in [5, 5.41) is 6.51. The van der Waals surface area contributed by atoms with Crippen LogP contribution >= 0.6 is 0 Å². The lowest BCUT2D eigenvalue weighted by atomic mass is 10.1. The number of aromatic nitrogens is 2. The van der Waals surface area contributed by atoms with Gasteiger partial charge in [0.25, 0.3) is 5.56 Å². The molecule has 2 aliphatic heterocycles. The quantitative estimate of drug-likeness (QED) is 0.639. The Bertz CT molecular complexity index is 680. The van der Waals surface area contributed by atoms with Crippen molar-refractivity contribution in [3.05, 3.63) is 46.5 Å². The maximum Gasteiger partial charge on any atom is 0.276 e. The van der Waals surface area contributed by atoms with E-state index in [1.807, 2.05) is 23.1 Å². The average molecular weight is 241 g/mol. The highest BCUT2D eigenvalue weighted by molar-refractivity contribution is 5.75. The second kappa shape index (κ2) is 3.25. The number of rotatable bonds is 0. The van der Waals surface area contributed by atoms with Crippen molar-refractivity contribution in [2.45, 2.75) is 12.8 Å².